The number of hydrogen-bond acceptors (Lipinski definition) is 0. The van der Waals surface area contributed by atoms with E-state index in [0.717, 1.165) is 41.4 Å². The third-order valence-electron chi connectivity index (χ3n) is 5.58. The van der Waals surface area contributed by atoms with E-state index < -0.39 is 0 Å². The van der Waals surface area contributed by atoms with Gasteiger partial charge in [-0.3, -0.25) is 0 Å². The van der Waals surface area contributed by atoms with Gasteiger partial charge in [0.25, 0.3) is 0 Å². The predicted octanol–water partition coefficient (Wildman–Crippen LogP) is 4.60. The summed E-state index contributed by atoms with van der Waals surface area (Å²) in [5.74, 6) is 7.06. The fraction of sp³-hybridized carbons (Fsp3) is 1.00. The van der Waals surface area contributed by atoms with E-state index in [0.29, 0.717) is 0 Å². The average molecular weight is 208 g/mol. The fourth-order valence-corrected chi connectivity index (χ4v) is 3.91. The summed E-state index contributed by atoms with van der Waals surface area (Å²) in [5, 5.41) is 0. The van der Waals surface area contributed by atoms with Crippen LogP contribution in [0.25, 0.3) is 0 Å². The van der Waals surface area contributed by atoms with Gasteiger partial charge in [-0.2, -0.15) is 0 Å². The Morgan fingerprint density at radius 1 is 0.933 bits per heavy atom. The maximum Gasteiger partial charge on any atom is -0.0360 e. The molecule has 2 fully saturated rings. The van der Waals surface area contributed by atoms with Crippen LogP contribution in [0.2, 0.25) is 0 Å². The van der Waals surface area contributed by atoms with E-state index in [-0.39, 0.29) is 0 Å². The van der Waals surface area contributed by atoms with E-state index in [1.807, 2.05) is 0 Å². The van der Waals surface area contributed by atoms with E-state index in [2.05, 4.69) is 34.6 Å². The zero-order valence-corrected chi connectivity index (χ0v) is 11.2. The Labute approximate surface area is 95.8 Å². The second-order valence-corrected chi connectivity index (χ2v) is 6.83. The van der Waals surface area contributed by atoms with Crippen molar-refractivity contribution in [2.24, 2.45) is 41.4 Å². The molecular formula is C15H28. The Bertz CT molecular complexity index is 218. The molecule has 15 heavy (non-hydrogen) atoms. The van der Waals surface area contributed by atoms with Crippen LogP contribution in [0.3, 0.4) is 0 Å². The molecule has 6 unspecified atom stereocenters. The van der Waals surface area contributed by atoms with Crippen molar-refractivity contribution in [2.75, 3.05) is 0 Å². The van der Waals surface area contributed by atoms with Gasteiger partial charge in [-0.05, 0) is 60.7 Å². The summed E-state index contributed by atoms with van der Waals surface area (Å²) in [5.41, 5.74) is 0. The minimum absolute atomic E-state index is 0.932. The first-order valence-corrected chi connectivity index (χ1v) is 7.00. The largest absolute Gasteiger partial charge is 0.0625 e. The minimum atomic E-state index is 0.932. The van der Waals surface area contributed by atoms with E-state index in [1.165, 1.54) is 12.8 Å². The van der Waals surface area contributed by atoms with Crippen LogP contribution in [0.4, 0.5) is 0 Å². The second kappa shape index (κ2) is 4.11. The van der Waals surface area contributed by atoms with Crippen LogP contribution in [-0.4, -0.2) is 0 Å². The molecule has 0 spiro atoms. The Morgan fingerprint density at radius 3 is 2.00 bits per heavy atom. The molecule has 6 atom stereocenters. The molecule has 88 valence electrons. The molecule has 2 saturated carbocycles. The summed E-state index contributed by atoms with van der Waals surface area (Å²) in [4.78, 5) is 0. The first-order chi connectivity index (χ1) is 7.00. The van der Waals surface area contributed by atoms with Crippen LogP contribution < -0.4 is 0 Å². The van der Waals surface area contributed by atoms with E-state index >= 15 is 0 Å². The van der Waals surface area contributed by atoms with E-state index in [4.69, 9.17) is 0 Å². The molecule has 0 heteroatoms. The second-order valence-electron chi connectivity index (χ2n) is 6.83. The van der Waals surface area contributed by atoms with Gasteiger partial charge < -0.3 is 0 Å². The maximum atomic E-state index is 2.49. The van der Waals surface area contributed by atoms with Gasteiger partial charge in [0.15, 0.2) is 0 Å². The van der Waals surface area contributed by atoms with E-state index in [1.54, 1.807) is 6.42 Å². The minimum Gasteiger partial charge on any atom is -0.0625 e. The van der Waals surface area contributed by atoms with Gasteiger partial charge in [0.2, 0.25) is 0 Å². The highest BCUT2D eigenvalue weighted by Crippen LogP contribution is 2.52. The van der Waals surface area contributed by atoms with Gasteiger partial charge in [-0.25, -0.2) is 0 Å². The quantitative estimate of drug-likeness (QED) is 0.636. The SMILES string of the molecule is CC(C)C1CC1CC1CC(C)C(C)C1C. The van der Waals surface area contributed by atoms with Crippen molar-refractivity contribution in [3.8, 4) is 0 Å². The van der Waals surface area contributed by atoms with Crippen molar-refractivity contribution in [3.63, 3.8) is 0 Å². The Hall–Kier alpha value is 0. The van der Waals surface area contributed by atoms with Crippen LogP contribution in [0.15, 0.2) is 0 Å². The Morgan fingerprint density at radius 2 is 1.60 bits per heavy atom. The zero-order valence-electron chi connectivity index (χ0n) is 11.2. The molecule has 0 radical (unpaired) electrons. The molecular weight excluding hydrogens is 180 g/mol. The van der Waals surface area contributed by atoms with Gasteiger partial charge >= 0.3 is 0 Å². The van der Waals surface area contributed by atoms with Crippen LogP contribution >= 0.6 is 0 Å². The van der Waals surface area contributed by atoms with Crippen LogP contribution in [0.1, 0.15) is 53.9 Å². The monoisotopic (exact) mass is 208 g/mol. The fourth-order valence-electron chi connectivity index (χ4n) is 3.91. The highest BCUT2D eigenvalue weighted by molar-refractivity contribution is 4.93. The van der Waals surface area contributed by atoms with Crippen LogP contribution in [0.5, 0.6) is 0 Å². The molecule has 0 aromatic carbocycles. The normalized spacial score (nSPS) is 50.0. The van der Waals surface area contributed by atoms with Crippen LogP contribution in [-0.2, 0) is 0 Å². The van der Waals surface area contributed by atoms with Crippen molar-refractivity contribution in [2.45, 2.75) is 53.9 Å². The van der Waals surface area contributed by atoms with Gasteiger partial charge in [0.05, 0.1) is 0 Å². The Balaban J connectivity index is 1.82. The first-order valence-electron chi connectivity index (χ1n) is 7.00. The zero-order chi connectivity index (χ0) is 11.2. The summed E-state index contributed by atoms with van der Waals surface area (Å²) in [6.45, 7) is 12.2. The maximum absolute atomic E-state index is 2.49. The topological polar surface area (TPSA) is 0 Å². The number of rotatable bonds is 3. The molecule has 0 bridgehead atoms. The molecule has 0 saturated heterocycles. The molecule has 0 heterocycles. The smallest absolute Gasteiger partial charge is 0.0360 e. The molecule has 2 aliphatic rings. The van der Waals surface area contributed by atoms with Crippen molar-refractivity contribution in [1.82, 2.24) is 0 Å². The van der Waals surface area contributed by atoms with E-state index in [9.17, 15) is 0 Å². The summed E-state index contributed by atoms with van der Waals surface area (Å²) in [6.07, 6.45) is 4.58. The highest BCUT2D eigenvalue weighted by atomic mass is 14.5. The molecule has 0 aliphatic heterocycles. The number of hydrogen-bond donors (Lipinski definition) is 0. The predicted molar refractivity (Wildman–Crippen MR) is 66.7 cm³/mol. The molecule has 0 N–H and O–H groups in total. The van der Waals surface area contributed by atoms with Crippen LogP contribution in [0, 0.1) is 41.4 Å². The average Bonchev–Trinajstić information content (AvgIpc) is 2.89. The van der Waals surface area contributed by atoms with Crippen molar-refractivity contribution < 1.29 is 0 Å². The molecule has 0 aromatic rings. The van der Waals surface area contributed by atoms with Gasteiger partial charge in [-0.1, -0.05) is 34.6 Å². The van der Waals surface area contributed by atoms with Crippen molar-refractivity contribution >= 4 is 0 Å². The third-order valence-corrected chi connectivity index (χ3v) is 5.58. The first kappa shape index (κ1) is 11.5. The van der Waals surface area contributed by atoms with Gasteiger partial charge in [0.1, 0.15) is 0 Å². The lowest BCUT2D eigenvalue weighted by molar-refractivity contribution is 0.309. The van der Waals surface area contributed by atoms with Crippen molar-refractivity contribution in [3.05, 3.63) is 0 Å². The van der Waals surface area contributed by atoms with Crippen molar-refractivity contribution in [1.29, 1.82) is 0 Å². The summed E-state index contributed by atoms with van der Waals surface area (Å²) in [6, 6.07) is 0. The summed E-state index contributed by atoms with van der Waals surface area (Å²) in [7, 11) is 0. The lowest BCUT2D eigenvalue weighted by Crippen LogP contribution is -2.11. The summed E-state index contributed by atoms with van der Waals surface area (Å²) < 4.78 is 0. The third kappa shape index (κ3) is 2.24. The molecule has 2 aliphatic carbocycles. The summed E-state index contributed by atoms with van der Waals surface area (Å²) >= 11 is 0. The highest BCUT2D eigenvalue weighted by Gasteiger charge is 2.44. The molecule has 0 amide bonds. The molecule has 0 aromatic heterocycles. The standard InChI is InChI=1S/C15H28/c1-9(2)15-8-14(15)7-13-6-10(3)11(4)12(13)5/h9-15H,6-8H2,1-5H3. The lowest BCUT2D eigenvalue weighted by Gasteiger charge is -2.18. The Kier molecular flexibility index (Phi) is 3.14. The van der Waals surface area contributed by atoms with Gasteiger partial charge in [0, 0.05) is 0 Å². The molecule has 0 nitrogen and oxygen atoms in total. The lowest BCUT2D eigenvalue weighted by atomic mass is 9.87. The molecule has 2 rings (SSSR count). The van der Waals surface area contributed by atoms with Gasteiger partial charge in [-0.15, -0.1) is 0 Å².